The molecule has 0 saturated heterocycles. The molecule has 0 saturated carbocycles. The van der Waals surface area contributed by atoms with Crippen molar-refractivity contribution in [1.29, 1.82) is 0 Å². The lowest BCUT2D eigenvalue weighted by Crippen LogP contribution is -2.12. The summed E-state index contributed by atoms with van der Waals surface area (Å²) in [6.45, 7) is 0.109. The Morgan fingerprint density at radius 3 is 2.57 bits per heavy atom. The van der Waals surface area contributed by atoms with Gasteiger partial charge in [0.1, 0.15) is 5.56 Å². The fraction of sp³-hybridized carbons (Fsp3) is 0.286. The van der Waals surface area contributed by atoms with Crippen LogP contribution in [0.2, 0.25) is 0 Å². The minimum absolute atomic E-state index is 0. The maximum absolute atomic E-state index is 13.0. The third kappa shape index (κ3) is 4.02. The number of carbonyl (C=O) groups is 1. The lowest BCUT2D eigenvalue weighted by Gasteiger charge is -2.15. The Balaban J connectivity index is 0.00000264. The number of pyridine rings is 1. The summed E-state index contributed by atoms with van der Waals surface area (Å²) in [5, 5.41) is 20.8. The molecule has 1 aromatic heterocycles. The summed E-state index contributed by atoms with van der Waals surface area (Å²) in [5.74, 6) is -1.29. The predicted octanol–water partition coefficient (Wildman–Crippen LogP) is 3.17. The van der Waals surface area contributed by atoms with E-state index in [1.807, 2.05) is 0 Å². The van der Waals surface area contributed by atoms with Crippen LogP contribution < -0.4 is 5.32 Å². The Kier molecular flexibility index (Phi) is 6.17. The number of hydrogen-bond donors (Lipinski definition) is 3. The molecule has 23 heavy (non-hydrogen) atoms. The minimum Gasteiger partial charge on any atom is -0.478 e. The summed E-state index contributed by atoms with van der Waals surface area (Å²) in [6, 6.07) is 3.48. The zero-order chi connectivity index (χ0) is 16.3. The number of nitrogens with zero attached hydrogens (tertiary/aromatic N) is 1. The molecule has 0 fully saturated rings. The number of anilines is 1. The first-order valence-corrected chi connectivity index (χ1v) is 6.43. The SMILES string of the molecule is Cl.O=C(O)c1cnc2c(C(F)(F)F)cccc2c1NCCCO. The topological polar surface area (TPSA) is 82.5 Å². The molecular formula is C14H14ClF3N2O3. The van der Waals surface area contributed by atoms with Crippen molar-refractivity contribution in [3.63, 3.8) is 0 Å². The third-order valence-corrected chi connectivity index (χ3v) is 3.07. The number of para-hydroxylation sites is 1. The molecule has 0 radical (unpaired) electrons. The van der Waals surface area contributed by atoms with E-state index >= 15 is 0 Å². The van der Waals surface area contributed by atoms with Gasteiger partial charge in [-0.25, -0.2) is 4.79 Å². The van der Waals surface area contributed by atoms with Crippen molar-refractivity contribution in [2.75, 3.05) is 18.5 Å². The van der Waals surface area contributed by atoms with E-state index in [1.54, 1.807) is 0 Å². The van der Waals surface area contributed by atoms with Crippen LogP contribution in [0.15, 0.2) is 24.4 Å². The smallest absolute Gasteiger partial charge is 0.418 e. The van der Waals surface area contributed by atoms with E-state index in [-0.39, 0.29) is 47.7 Å². The number of aliphatic hydroxyl groups is 1. The lowest BCUT2D eigenvalue weighted by molar-refractivity contribution is -0.136. The molecule has 9 heteroatoms. The number of aromatic carboxylic acids is 1. The maximum Gasteiger partial charge on any atom is 0.418 e. The highest BCUT2D eigenvalue weighted by molar-refractivity contribution is 6.05. The van der Waals surface area contributed by atoms with Crippen LogP contribution in [0.5, 0.6) is 0 Å². The van der Waals surface area contributed by atoms with E-state index in [9.17, 15) is 18.0 Å². The van der Waals surface area contributed by atoms with E-state index in [1.165, 1.54) is 12.1 Å². The molecule has 0 spiro atoms. The highest BCUT2D eigenvalue weighted by Crippen LogP contribution is 2.36. The first-order valence-electron chi connectivity index (χ1n) is 6.43. The zero-order valence-corrected chi connectivity index (χ0v) is 12.5. The Labute approximate surface area is 135 Å². The van der Waals surface area contributed by atoms with Gasteiger partial charge in [0.05, 0.1) is 16.8 Å². The molecule has 5 nitrogen and oxygen atoms in total. The largest absolute Gasteiger partial charge is 0.478 e. The Bertz CT molecular complexity index is 707. The highest BCUT2D eigenvalue weighted by atomic mass is 35.5. The number of benzene rings is 1. The fourth-order valence-corrected chi connectivity index (χ4v) is 2.10. The summed E-state index contributed by atoms with van der Waals surface area (Å²) in [5.41, 5.74) is -1.39. The molecule has 2 rings (SSSR count). The zero-order valence-electron chi connectivity index (χ0n) is 11.7. The molecule has 0 bridgehead atoms. The van der Waals surface area contributed by atoms with Crippen molar-refractivity contribution in [3.05, 3.63) is 35.5 Å². The molecule has 0 aliphatic carbocycles. The van der Waals surface area contributed by atoms with Gasteiger partial charge < -0.3 is 15.5 Å². The predicted molar refractivity (Wildman–Crippen MR) is 81.1 cm³/mol. The van der Waals surface area contributed by atoms with Crippen LogP contribution in [0.25, 0.3) is 10.9 Å². The van der Waals surface area contributed by atoms with E-state index < -0.39 is 17.7 Å². The van der Waals surface area contributed by atoms with E-state index in [0.29, 0.717) is 6.42 Å². The third-order valence-electron chi connectivity index (χ3n) is 3.07. The number of carboxylic acid groups (broad SMARTS) is 1. The highest BCUT2D eigenvalue weighted by Gasteiger charge is 2.33. The van der Waals surface area contributed by atoms with E-state index in [4.69, 9.17) is 10.2 Å². The van der Waals surface area contributed by atoms with Crippen molar-refractivity contribution in [3.8, 4) is 0 Å². The first kappa shape index (κ1) is 19.0. The van der Waals surface area contributed by atoms with Crippen LogP contribution >= 0.6 is 12.4 Å². The van der Waals surface area contributed by atoms with Gasteiger partial charge in [-0.15, -0.1) is 12.4 Å². The Morgan fingerprint density at radius 1 is 1.30 bits per heavy atom. The van der Waals surface area contributed by atoms with Gasteiger partial charge in [0.2, 0.25) is 0 Å². The molecule has 1 heterocycles. The van der Waals surface area contributed by atoms with Gasteiger partial charge in [-0.1, -0.05) is 12.1 Å². The summed E-state index contributed by atoms with van der Waals surface area (Å²) in [4.78, 5) is 14.9. The standard InChI is InChI=1S/C14H13F3N2O3.ClH/c15-14(16,17)10-4-1-3-8-11(18-5-2-6-20)9(13(21)22)7-19-12(8)10;/h1,3-4,7,20H,2,5-6H2,(H,18,19)(H,21,22);1H. The van der Waals surface area contributed by atoms with Crippen molar-refractivity contribution in [1.82, 2.24) is 4.98 Å². The molecule has 126 valence electrons. The van der Waals surface area contributed by atoms with Gasteiger partial charge in [-0.3, -0.25) is 4.98 Å². The van der Waals surface area contributed by atoms with Gasteiger partial charge in [-0.2, -0.15) is 13.2 Å². The van der Waals surface area contributed by atoms with Gasteiger partial charge in [0.25, 0.3) is 0 Å². The molecule has 1 aromatic carbocycles. The molecule has 0 atom stereocenters. The minimum atomic E-state index is -4.58. The molecular weight excluding hydrogens is 337 g/mol. The van der Waals surface area contributed by atoms with Gasteiger partial charge in [0.15, 0.2) is 0 Å². The average Bonchev–Trinajstić information content (AvgIpc) is 2.45. The Morgan fingerprint density at radius 2 is 2.00 bits per heavy atom. The number of alkyl halides is 3. The van der Waals surface area contributed by atoms with Crippen LogP contribution in [0.4, 0.5) is 18.9 Å². The van der Waals surface area contributed by atoms with Crippen molar-refractivity contribution in [2.24, 2.45) is 0 Å². The average molecular weight is 351 g/mol. The summed E-state index contributed by atoms with van der Waals surface area (Å²) in [6.07, 6.45) is -3.34. The number of fused-ring (bicyclic) bond motifs is 1. The van der Waals surface area contributed by atoms with Gasteiger partial charge in [0, 0.05) is 24.7 Å². The second-order valence-electron chi connectivity index (χ2n) is 4.56. The van der Waals surface area contributed by atoms with Crippen LogP contribution in [0, 0.1) is 0 Å². The van der Waals surface area contributed by atoms with Crippen molar-refractivity contribution < 1.29 is 28.2 Å². The molecule has 0 unspecified atom stereocenters. The maximum atomic E-state index is 13.0. The summed E-state index contributed by atoms with van der Waals surface area (Å²) < 4.78 is 39.0. The second-order valence-corrected chi connectivity index (χ2v) is 4.56. The van der Waals surface area contributed by atoms with Crippen LogP contribution in [-0.4, -0.2) is 34.3 Å². The molecule has 2 aromatic rings. The van der Waals surface area contributed by atoms with Crippen molar-refractivity contribution >= 4 is 35.0 Å². The van der Waals surface area contributed by atoms with E-state index in [2.05, 4.69) is 10.3 Å². The molecule has 0 aliphatic heterocycles. The molecule has 0 amide bonds. The van der Waals surface area contributed by atoms with Gasteiger partial charge >= 0.3 is 12.1 Å². The van der Waals surface area contributed by atoms with Crippen LogP contribution in [0.3, 0.4) is 0 Å². The monoisotopic (exact) mass is 350 g/mol. The normalized spacial score (nSPS) is 11.1. The quantitative estimate of drug-likeness (QED) is 0.721. The number of rotatable bonds is 5. The van der Waals surface area contributed by atoms with Crippen molar-refractivity contribution in [2.45, 2.75) is 12.6 Å². The number of halogens is 4. The lowest BCUT2D eigenvalue weighted by atomic mass is 10.0. The number of hydrogen-bond acceptors (Lipinski definition) is 4. The number of carboxylic acids is 1. The number of aromatic nitrogens is 1. The number of nitrogens with one attached hydrogen (secondary N) is 1. The second kappa shape index (κ2) is 7.47. The van der Waals surface area contributed by atoms with Crippen LogP contribution in [-0.2, 0) is 6.18 Å². The molecule has 3 N–H and O–H groups in total. The summed E-state index contributed by atoms with van der Waals surface area (Å²) in [7, 11) is 0. The number of aliphatic hydroxyl groups excluding tert-OH is 1. The Hall–Kier alpha value is -2.06. The fourth-order valence-electron chi connectivity index (χ4n) is 2.10. The van der Waals surface area contributed by atoms with Crippen LogP contribution in [0.1, 0.15) is 22.3 Å². The molecule has 0 aliphatic rings. The first-order chi connectivity index (χ1) is 10.4. The van der Waals surface area contributed by atoms with Gasteiger partial charge in [-0.05, 0) is 12.5 Å². The summed E-state index contributed by atoms with van der Waals surface area (Å²) >= 11 is 0. The van der Waals surface area contributed by atoms with E-state index in [0.717, 1.165) is 12.3 Å².